The van der Waals surface area contributed by atoms with Crippen LogP contribution in [0.5, 0.6) is 0 Å². The zero-order valence-corrected chi connectivity index (χ0v) is 23.8. The van der Waals surface area contributed by atoms with Gasteiger partial charge in [0.25, 0.3) is 0 Å². The molecule has 0 fully saturated rings. The molecule has 0 saturated heterocycles. The summed E-state index contributed by atoms with van der Waals surface area (Å²) in [4.78, 5) is 0. The molecule has 1 aromatic rings. The number of hydrogen-bond donors (Lipinski definition) is 0. The van der Waals surface area contributed by atoms with Crippen molar-refractivity contribution >= 4 is 13.3 Å². The molecule has 0 bridgehead atoms. The van der Waals surface area contributed by atoms with Gasteiger partial charge in [0.2, 0.25) is 0 Å². The van der Waals surface area contributed by atoms with Crippen molar-refractivity contribution in [3.8, 4) is 0 Å². The third-order valence-electron chi connectivity index (χ3n) is 6.95. The summed E-state index contributed by atoms with van der Waals surface area (Å²) in [7, 11) is -1.91. The Balaban J connectivity index is 0. The topological polar surface area (TPSA) is 0 Å². The average Bonchev–Trinajstić information content (AvgIpc) is 2.63. The van der Waals surface area contributed by atoms with E-state index in [2.05, 4.69) is 108 Å². The molecule has 0 saturated carbocycles. The number of benzene rings is 1. The van der Waals surface area contributed by atoms with E-state index in [1.807, 2.05) is 0 Å². The van der Waals surface area contributed by atoms with Crippen LogP contribution in [0.2, 0.25) is 14.4 Å². The summed E-state index contributed by atoms with van der Waals surface area (Å²) in [6.07, 6.45) is 0. The number of aryl methyl sites for hydroxylation is 2. The number of halogens is 3. The summed E-state index contributed by atoms with van der Waals surface area (Å²) < 4.78 is 0.198. The van der Waals surface area contributed by atoms with Crippen LogP contribution in [0.1, 0.15) is 66.5 Å². The molecule has 0 amide bonds. The summed E-state index contributed by atoms with van der Waals surface area (Å²) >= 11 is 2.57. The summed E-state index contributed by atoms with van der Waals surface area (Å²) in [6, 6.07) is 7.34. The van der Waals surface area contributed by atoms with Gasteiger partial charge in [-0.1, -0.05) is 0 Å². The van der Waals surface area contributed by atoms with E-state index < -0.39 is 8.07 Å². The third kappa shape index (κ3) is 4.27. The first-order valence-electron chi connectivity index (χ1n) is 9.62. The predicted octanol–water partition coefficient (Wildman–Crippen LogP) is -2.28. The standard InChI is InChI=1S/C23H35Si.3ClH.Ti/c1-14(2)24(15(3)4,22-12-16(5)11-17(6)13-22)23-20(9)18(7)19(8)21(23)10;;;;/h11-15H,1-10H3;3*1H;/q;;;;+3/p-3. The molecule has 0 radical (unpaired) electrons. The van der Waals surface area contributed by atoms with Gasteiger partial charge in [-0.15, -0.1) is 0 Å². The second-order valence-electron chi connectivity index (χ2n) is 8.80. The molecule has 0 aliphatic heterocycles. The fourth-order valence-electron chi connectivity index (χ4n) is 5.66. The van der Waals surface area contributed by atoms with E-state index in [1.165, 1.54) is 22.3 Å². The smallest absolute Gasteiger partial charge is 1.00 e. The molecule has 0 nitrogen and oxygen atoms in total. The molecular weight excluding hydrogens is 459 g/mol. The molecule has 1 aromatic carbocycles. The van der Waals surface area contributed by atoms with Gasteiger partial charge in [-0.05, 0) is 0 Å². The maximum Gasteiger partial charge on any atom is -1.00 e. The Morgan fingerprint density at radius 1 is 0.679 bits per heavy atom. The fourth-order valence-corrected chi connectivity index (χ4v) is 17.0. The molecular formula is C23H35Cl3SiTi. The Morgan fingerprint density at radius 3 is 1.29 bits per heavy atom. The van der Waals surface area contributed by atoms with E-state index in [0.29, 0.717) is 11.1 Å². The van der Waals surface area contributed by atoms with Gasteiger partial charge in [-0.2, -0.15) is 0 Å². The van der Waals surface area contributed by atoms with Crippen molar-refractivity contribution in [1.29, 1.82) is 0 Å². The molecule has 1 aliphatic rings. The largest absolute Gasteiger partial charge is 1.00 e. The van der Waals surface area contributed by atoms with Crippen molar-refractivity contribution in [1.82, 2.24) is 0 Å². The first-order valence-corrected chi connectivity index (χ1v) is 12.6. The summed E-state index contributed by atoms with van der Waals surface area (Å²) in [5, 5.41) is 1.65. The summed E-state index contributed by atoms with van der Waals surface area (Å²) in [6.45, 7) is 23.9. The second-order valence-corrected chi connectivity index (χ2v) is 16.1. The zero-order chi connectivity index (χ0) is 19.3. The Hall–Kier alpha value is 0.501. The van der Waals surface area contributed by atoms with Crippen LogP contribution in [0, 0.1) is 13.8 Å². The van der Waals surface area contributed by atoms with Gasteiger partial charge in [0.15, 0.2) is 0 Å². The first-order chi connectivity index (χ1) is 11.4. The maximum atomic E-state index is 2.57. The van der Waals surface area contributed by atoms with E-state index >= 15 is 0 Å². The van der Waals surface area contributed by atoms with Crippen molar-refractivity contribution < 1.29 is 57.7 Å². The Labute approximate surface area is 205 Å². The molecule has 0 unspecified atom stereocenters. The average molecular weight is 494 g/mol. The minimum Gasteiger partial charge on any atom is -1.00 e. The van der Waals surface area contributed by atoms with Crippen molar-refractivity contribution in [2.75, 3.05) is 0 Å². The quantitative estimate of drug-likeness (QED) is 0.415. The van der Waals surface area contributed by atoms with Crippen LogP contribution in [0.4, 0.5) is 0 Å². The van der Waals surface area contributed by atoms with Crippen LogP contribution in [-0.2, 0) is 20.4 Å². The van der Waals surface area contributed by atoms with Gasteiger partial charge in [-0.3, -0.25) is 0 Å². The van der Waals surface area contributed by atoms with Gasteiger partial charge >= 0.3 is 169 Å². The molecule has 5 heteroatoms. The van der Waals surface area contributed by atoms with Crippen molar-refractivity contribution in [3.05, 3.63) is 51.6 Å². The molecule has 0 N–H and O–H groups in total. The van der Waals surface area contributed by atoms with Crippen LogP contribution < -0.4 is 42.4 Å². The number of hydrogen-bond acceptors (Lipinski definition) is 0. The van der Waals surface area contributed by atoms with E-state index in [0.717, 1.165) is 0 Å². The Morgan fingerprint density at radius 2 is 1.00 bits per heavy atom. The van der Waals surface area contributed by atoms with Crippen LogP contribution in [-0.4, -0.2) is 8.07 Å². The van der Waals surface area contributed by atoms with Gasteiger partial charge in [-0.25, -0.2) is 0 Å². The fraction of sp³-hybridized carbons (Fsp3) is 0.565. The molecule has 0 atom stereocenters. The van der Waals surface area contributed by atoms with Crippen molar-refractivity contribution in [2.24, 2.45) is 0 Å². The SMILES string of the molecule is CC1=C(C)[C]([Ti+3])([Si](c2cc(C)cc(C)c2)(C(C)C)C(C)C)C(C)=C1C.[Cl-].[Cl-].[Cl-]. The van der Waals surface area contributed by atoms with Crippen molar-refractivity contribution in [2.45, 2.75) is 83.7 Å². The van der Waals surface area contributed by atoms with E-state index in [1.54, 1.807) is 16.3 Å². The molecule has 1 aliphatic carbocycles. The van der Waals surface area contributed by atoms with Crippen LogP contribution in [0.3, 0.4) is 0 Å². The van der Waals surface area contributed by atoms with Gasteiger partial charge in [0.1, 0.15) is 0 Å². The van der Waals surface area contributed by atoms with Gasteiger partial charge in [0.05, 0.1) is 0 Å². The molecule has 0 heterocycles. The maximum absolute atomic E-state index is 2.57. The third-order valence-corrected chi connectivity index (χ3v) is 16.9. The summed E-state index contributed by atoms with van der Waals surface area (Å²) in [5.41, 5.74) is 10.5. The van der Waals surface area contributed by atoms with E-state index in [4.69, 9.17) is 0 Å². The molecule has 0 spiro atoms. The molecule has 156 valence electrons. The van der Waals surface area contributed by atoms with Crippen LogP contribution in [0.15, 0.2) is 40.5 Å². The van der Waals surface area contributed by atoms with Gasteiger partial charge < -0.3 is 37.2 Å². The van der Waals surface area contributed by atoms with E-state index in [9.17, 15) is 0 Å². The molecule has 0 aromatic heterocycles. The van der Waals surface area contributed by atoms with Crippen molar-refractivity contribution in [3.63, 3.8) is 0 Å². The first kappa shape index (κ1) is 30.7. The monoisotopic (exact) mass is 492 g/mol. The molecule has 28 heavy (non-hydrogen) atoms. The van der Waals surface area contributed by atoms with Crippen LogP contribution in [0.25, 0.3) is 0 Å². The van der Waals surface area contributed by atoms with E-state index in [-0.39, 0.29) is 40.6 Å². The Kier molecular flexibility index (Phi) is 11.7. The minimum absolute atomic E-state index is 0. The zero-order valence-electron chi connectivity index (χ0n) is 19.0. The number of rotatable bonds is 4. The van der Waals surface area contributed by atoms with Crippen LogP contribution >= 0.6 is 0 Å². The van der Waals surface area contributed by atoms with Gasteiger partial charge in [0, 0.05) is 0 Å². The second kappa shape index (κ2) is 10.7. The Bertz CT molecular complexity index is 711. The summed E-state index contributed by atoms with van der Waals surface area (Å²) in [5.74, 6) is 0. The predicted molar refractivity (Wildman–Crippen MR) is 111 cm³/mol. The molecule has 2 rings (SSSR count). The normalized spacial score (nSPS) is 16.2. The number of allylic oxidation sites excluding steroid dienone is 4. The minimum atomic E-state index is -1.91.